The van der Waals surface area contributed by atoms with Crippen molar-refractivity contribution in [1.82, 2.24) is 9.97 Å². The molecule has 2 aromatic heterocycles. The lowest BCUT2D eigenvalue weighted by Crippen LogP contribution is -2.19. The number of fused-ring (bicyclic) bond motifs is 1. The number of nitrogens with zero attached hydrogens (tertiary/aromatic N) is 1. The molecule has 0 aliphatic rings. The molecular weight excluding hydrogens is 410 g/mol. The average molecular weight is 431 g/mol. The second kappa shape index (κ2) is 8.68. The first-order valence-electron chi connectivity index (χ1n) is 9.66. The number of carbonyl (C=O) groups excluding carboxylic acids is 2. The molecule has 4 rings (SSSR count). The largest absolute Gasteiger partial charge is 0.497 e. The maximum Gasteiger partial charge on any atom is 0.323 e. The Morgan fingerprint density at radius 3 is 2.22 bits per heavy atom. The molecule has 5 N–H and O–H groups in total. The molecule has 9 heteroatoms. The van der Waals surface area contributed by atoms with Gasteiger partial charge in [0, 0.05) is 41.3 Å². The highest BCUT2D eigenvalue weighted by molar-refractivity contribution is 6.08. The van der Waals surface area contributed by atoms with E-state index in [-0.39, 0.29) is 5.69 Å². The number of aromatic nitrogens is 2. The summed E-state index contributed by atoms with van der Waals surface area (Å²) in [6.07, 6.45) is 1.65. The van der Waals surface area contributed by atoms with E-state index in [9.17, 15) is 9.59 Å². The molecule has 3 amide bonds. The van der Waals surface area contributed by atoms with Crippen molar-refractivity contribution >= 4 is 34.3 Å². The number of rotatable bonds is 6. The van der Waals surface area contributed by atoms with E-state index in [4.69, 9.17) is 15.2 Å². The van der Waals surface area contributed by atoms with Crippen LogP contribution in [0.3, 0.4) is 0 Å². The van der Waals surface area contributed by atoms with Gasteiger partial charge >= 0.3 is 6.03 Å². The van der Waals surface area contributed by atoms with Crippen LogP contribution in [0, 0.1) is 0 Å². The van der Waals surface area contributed by atoms with Gasteiger partial charge in [-0.05, 0) is 29.8 Å². The molecule has 0 fully saturated rings. The van der Waals surface area contributed by atoms with Crippen LogP contribution >= 0.6 is 0 Å². The number of primary amides is 1. The monoisotopic (exact) mass is 431 g/mol. The van der Waals surface area contributed by atoms with E-state index in [1.807, 2.05) is 6.07 Å². The maximum absolute atomic E-state index is 12.4. The number of urea groups is 1. The standard InChI is InChI=1S/C23H21N5O4/c1-31-16-10-15(11-17(12-16)32-2)27-23(30)26-14-7-5-13(6-8-14)19-20-18(4-3-9-25-20)28-21(19)22(24)29/h3-12,28H,1-2H3,(H2,24,29)(H2,26,27,30). The molecule has 32 heavy (non-hydrogen) atoms. The molecule has 0 aliphatic heterocycles. The van der Waals surface area contributed by atoms with E-state index < -0.39 is 11.9 Å². The third-order valence-corrected chi connectivity index (χ3v) is 4.84. The summed E-state index contributed by atoms with van der Waals surface area (Å²) in [4.78, 5) is 31.7. The number of amides is 3. The van der Waals surface area contributed by atoms with Crippen LogP contribution in [0.4, 0.5) is 16.2 Å². The number of anilines is 2. The van der Waals surface area contributed by atoms with E-state index in [0.29, 0.717) is 39.5 Å². The van der Waals surface area contributed by atoms with Crippen molar-refractivity contribution in [3.05, 3.63) is 66.5 Å². The van der Waals surface area contributed by atoms with Crippen molar-refractivity contribution in [2.75, 3.05) is 24.9 Å². The number of methoxy groups -OCH3 is 2. The van der Waals surface area contributed by atoms with Gasteiger partial charge in [-0.1, -0.05) is 12.1 Å². The van der Waals surface area contributed by atoms with Crippen LogP contribution in [0.15, 0.2) is 60.8 Å². The first-order chi connectivity index (χ1) is 15.5. The van der Waals surface area contributed by atoms with Crippen molar-refractivity contribution in [2.45, 2.75) is 0 Å². The van der Waals surface area contributed by atoms with Crippen LogP contribution in [-0.4, -0.2) is 36.1 Å². The number of hydrogen-bond acceptors (Lipinski definition) is 5. The molecule has 0 saturated carbocycles. The molecule has 2 aromatic carbocycles. The van der Waals surface area contributed by atoms with E-state index in [1.54, 1.807) is 54.7 Å². The molecule has 0 saturated heterocycles. The van der Waals surface area contributed by atoms with Crippen molar-refractivity contribution in [2.24, 2.45) is 5.73 Å². The molecule has 0 bridgehead atoms. The van der Waals surface area contributed by atoms with Gasteiger partial charge in [0.05, 0.1) is 25.3 Å². The van der Waals surface area contributed by atoms with Gasteiger partial charge in [-0.3, -0.25) is 9.78 Å². The van der Waals surface area contributed by atoms with E-state index in [1.165, 1.54) is 14.2 Å². The number of pyridine rings is 1. The zero-order chi connectivity index (χ0) is 22.7. The number of ether oxygens (including phenoxy) is 2. The zero-order valence-corrected chi connectivity index (χ0v) is 17.4. The lowest BCUT2D eigenvalue weighted by atomic mass is 10.0. The summed E-state index contributed by atoms with van der Waals surface area (Å²) >= 11 is 0. The van der Waals surface area contributed by atoms with Crippen LogP contribution in [0.25, 0.3) is 22.2 Å². The van der Waals surface area contributed by atoms with Crippen LogP contribution < -0.4 is 25.8 Å². The Hall–Kier alpha value is -4.53. The Morgan fingerprint density at radius 2 is 1.59 bits per heavy atom. The molecule has 2 heterocycles. The summed E-state index contributed by atoms with van der Waals surface area (Å²) in [6, 6.07) is 15.3. The molecule has 9 nitrogen and oxygen atoms in total. The summed E-state index contributed by atoms with van der Waals surface area (Å²) in [5.74, 6) is 0.538. The van der Waals surface area contributed by atoms with Crippen molar-refractivity contribution in [1.29, 1.82) is 0 Å². The molecule has 0 unspecified atom stereocenters. The maximum atomic E-state index is 12.4. The number of nitrogens with two attached hydrogens (primary N) is 1. The van der Waals surface area contributed by atoms with Gasteiger partial charge in [-0.25, -0.2) is 4.79 Å². The predicted molar refractivity (Wildman–Crippen MR) is 122 cm³/mol. The first-order valence-corrected chi connectivity index (χ1v) is 9.66. The van der Waals surface area contributed by atoms with Gasteiger partial charge in [-0.2, -0.15) is 0 Å². The van der Waals surface area contributed by atoms with Gasteiger partial charge in [0.15, 0.2) is 0 Å². The Balaban J connectivity index is 1.54. The van der Waals surface area contributed by atoms with E-state index >= 15 is 0 Å². The fourth-order valence-corrected chi connectivity index (χ4v) is 3.38. The number of H-pyrrole nitrogens is 1. The van der Waals surface area contributed by atoms with Crippen LogP contribution in [0.1, 0.15) is 10.5 Å². The number of carbonyl (C=O) groups is 2. The van der Waals surface area contributed by atoms with Gasteiger partial charge in [0.2, 0.25) is 0 Å². The number of aromatic amines is 1. The fraction of sp³-hybridized carbons (Fsp3) is 0.0870. The zero-order valence-electron chi connectivity index (χ0n) is 17.4. The molecule has 162 valence electrons. The minimum absolute atomic E-state index is 0.282. The highest BCUT2D eigenvalue weighted by Gasteiger charge is 2.18. The first kappa shape index (κ1) is 20.7. The van der Waals surface area contributed by atoms with Gasteiger partial charge in [0.1, 0.15) is 17.2 Å². The highest BCUT2D eigenvalue weighted by atomic mass is 16.5. The van der Waals surface area contributed by atoms with Crippen molar-refractivity contribution in [3.63, 3.8) is 0 Å². The summed E-state index contributed by atoms with van der Waals surface area (Å²) < 4.78 is 10.4. The Labute approximate surface area is 183 Å². The van der Waals surface area contributed by atoms with Gasteiger partial charge in [-0.15, -0.1) is 0 Å². The second-order valence-corrected chi connectivity index (χ2v) is 6.90. The lowest BCUT2D eigenvalue weighted by molar-refractivity contribution is 0.0997. The average Bonchev–Trinajstić information content (AvgIpc) is 3.19. The Morgan fingerprint density at radius 1 is 0.938 bits per heavy atom. The number of nitrogens with one attached hydrogen (secondary N) is 3. The topological polar surface area (TPSA) is 131 Å². The molecule has 0 radical (unpaired) electrons. The third kappa shape index (κ3) is 4.17. The number of hydrogen-bond donors (Lipinski definition) is 4. The molecular formula is C23H21N5O4. The number of benzene rings is 2. The molecule has 4 aromatic rings. The Kier molecular flexibility index (Phi) is 5.63. The second-order valence-electron chi connectivity index (χ2n) is 6.90. The van der Waals surface area contributed by atoms with Gasteiger partial charge in [0.25, 0.3) is 5.91 Å². The Bertz CT molecular complexity index is 1280. The smallest absolute Gasteiger partial charge is 0.323 e. The minimum Gasteiger partial charge on any atom is -0.497 e. The fourth-order valence-electron chi connectivity index (χ4n) is 3.38. The van der Waals surface area contributed by atoms with E-state index in [2.05, 4.69) is 20.6 Å². The molecule has 0 aliphatic carbocycles. The molecule has 0 atom stereocenters. The molecule has 0 spiro atoms. The summed E-state index contributed by atoms with van der Waals surface area (Å²) in [5.41, 5.74) is 9.63. The van der Waals surface area contributed by atoms with E-state index in [0.717, 1.165) is 5.56 Å². The highest BCUT2D eigenvalue weighted by Crippen LogP contribution is 2.32. The van der Waals surface area contributed by atoms with Crippen LogP contribution in [0.2, 0.25) is 0 Å². The lowest BCUT2D eigenvalue weighted by Gasteiger charge is -2.11. The normalized spacial score (nSPS) is 10.6. The SMILES string of the molecule is COc1cc(NC(=O)Nc2ccc(-c3c(C(N)=O)[nH]c4cccnc34)cc2)cc(OC)c1. The third-order valence-electron chi connectivity index (χ3n) is 4.84. The summed E-state index contributed by atoms with van der Waals surface area (Å²) in [6.45, 7) is 0. The van der Waals surface area contributed by atoms with Crippen molar-refractivity contribution in [3.8, 4) is 22.6 Å². The van der Waals surface area contributed by atoms with Crippen molar-refractivity contribution < 1.29 is 19.1 Å². The van der Waals surface area contributed by atoms with Gasteiger partial charge < -0.3 is 30.8 Å². The van der Waals surface area contributed by atoms with Crippen LogP contribution in [-0.2, 0) is 0 Å². The quantitative estimate of drug-likeness (QED) is 0.367. The summed E-state index contributed by atoms with van der Waals surface area (Å²) in [7, 11) is 3.07. The van der Waals surface area contributed by atoms with Crippen LogP contribution in [0.5, 0.6) is 11.5 Å². The predicted octanol–water partition coefficient (Wildman–Crippen LogP) is 3.99. The minimum atomic E-state index is -0.576. The summed E-state index contributed by atoms with van der Waals surface area (Å²) in [5, 5.41) is 5.51.